The van der Waals surface area contributed by atoms with E-state index in [-0.39, 0.29) is 0 Å². The molecule has 0 unspecified atom stereocenters. The first-order chi connectivity index (χ1) is 12.8. The molecule has 0 heterocycles. The number of rotatable bonds is 3. The Balaban J connectivity index is 2.38. The van der Waals surface area contributed by atoms with Crippen molar-refractivity contribution >= 4 is 43.0 Å². The smallest absolute Gasteiger partial charge is 0.198 e. The van der Waals surface area contributed by atoms with Crippen molar-refractivity contribution in [3.8, 4) is 11.1 Å². The minimum Gasteiger partial charge on any atom is -0.198 e. The van der Waals surface area contributed by atoms with E-state index < -0.39 is 44.1 Å². The molecule has 0 radical (unpaired) electrons. The largest absolute Gasteiger partial charge is 0.420 e. The maximum Gasteiger partial charge on any atom is 0.420 e. The third kappa shape index (κ3) is 5.22. The third-order valence-corrected chi connectivity index (χ3v) is 4.42. The van der Waals surface area contributed by atoms with Crippen LogP contribution < -0.4 is 0 Å². The Bertz CT molecular complexity index is 819. The zero-order chi connectivity index (χ0) is 21.3. The standard InChI is InChI=1S/C18H8Br2F8/c19-15(21)13(17(23,24)25)11-5-1-9(2-6-11)10-3-7-12(8-4-10)14(16(20)22)18(26,27)28/h1-8H/b15-13+,16-14+. The average Bonchev–Trinajstić information content (AvgIpc) is 2.53. The highest BCUT2D eigenvalue weighted by molar-refractivity contribution is 9.12. The van der Waals surface area contributed by atoms with Crippen LogP contribution in [-0.4, -0.2) is 12.4 Å². The lowest BCUT2D eigenvalue weighted by molar-refractivity contribution is -0.0705. The second kappa shape index (κ2) is 8.36. The van der Waals surface area contributed by atoms with E-state index in [2.05, 4.69) is 31.9 Å². The summed E-state index contributed by atoms with van der Waals surface area (Å²) < 4.78 is 101. The molecule has 0 aromatic heterocycles. The van der Waals surface area contributed by atoms with Gasteiger partial charge in [0, 0.05) is 0 Å². The number of hydrogen-bond acceptors (Lipinski definition) is 0. The molecule has 28 heavy (non-hydrogen) atoms. The summed E-state index contributed by atoms with van der Waals surface area (Å²) in [5.41, 5.74) is -3.06. The minimum absolute atomic E-state index is 0.378. The quantitative estimate of drug-likeness (QED) is 0.345. The fraction of sp³-hybridized carbons (Fsp3) is 0.111. The van der Waals surface area contributed by atoms with Crippen molar-refractivity contribution in [2.75, 3.05) is 0 Å². The van der Waals surface area contributed by atoms with Gasteiger partial charge in [0.25, 0.3) is 0 Å². The van der Waals surface area contributed by atoms with E-state index in [4.69, 9.17) is 0 Å². The maximum absolute atomic E-state index is 13.2. The van der Waals surface area contributed by atoms with Gasteiger partial charge in [0.1, 0.15) is 11.1 Å². The van der Waals surface area contributed by atoms with E-state index in [1.165, 1.54) is 24.3 Å². The molecule has 0 aliphatic carbocycles. The van der Waals surface area contributed by atoms with Gasteiger partial charge in [-0.25, -0.2) is 0 Å². The second-order valence-corrected chi connectivity index (χ2v) is 6.81. The molecule has 150 valence electrons. The Labute approximate surface area is 170 Å². The lowest BCUT2D eigenvalue weighted by Gasteiger charge is -2.13. The average molecular weight is 536 g/mol. The Morgan fingerprint density at radius 3 is 0.964 bits per heavy atom. The summed E-state index contributed by atoms with van der Waals surface area (Å²) in [6.45, 7) is 0. The lowest BCUT2D eigenvalue weighted by atomic mass is 9.98. The molecule has 0 amide bonds. The predicted molar refractivity (Wildman–Crippen MR) is 97.9 cm³/mol. The predicted octanol–water partition coefficient (Wildman–Crippen LogP) is 8.54. The Morgan fingerprint density at radius 2 is 0.786 bits per heavy atom. The van der Waals surface area contributed by atoms with Crippen molar-refractivity contribution in [2.45, 2.75) is 12.4 Å². The van der Waals surface area contributed by atoms with E-state index in [1.54, 1.807) is 0 Å². The molecule has 10 heteroatoms. The summed E-state index contributed by atoms with van der Waals surface area (Å²) >= 11 is 4.38. The molecule has 0 atom stereocenters. The highest BCUT2D eigenvalue weighted by Gasteiger charge is 2.38. The first kappa shape index (κ1) is 22.6. The first-order valence-corrected chi connectivity index (χ1v) is 8.87. The van der Waals surface area contributed by atoms with E-state index in [0.29, 0.717) is 11.1 Å². The Kier molecular flexibility index (Phi) is 6.75. The number of alkyl halides is 6. The summed E-state index contributed by atoms with van der Waals surface area (Å²) in [6.07, 6.45) is -9.84. The van der Waals surface area contributed by atoms with Gasteiger partial charge in [0.15, 0.2) is 9.47 Å². The molecule has 2 aromatic rings. The van der Waals surface area contributed by atoms with Crippen molar-refractivity contribution in [2.24, 2.45) is 0 Å². The van der Waals surface area contributed by atoms with Gasteiger partial charge in [-0.2, -0.15) is 35.1 Å². The van der Waals surface area contributed by atoms with Crippen LogP contribution in [0.5, 0.6) is 0 Å². The molecule has 0 aliphatic rings. The van der Waals surface area contributed by atoms with Crippen LogP contribution in [0.2, 0.25) is 0 Å². The summed E-state index contributed by atoms with van der Waals surface area (Å²) in [6, 6.07) is 9.18. The van der Waals surface area contributed by atoms with Gasteiger partial charge in [-0.05, 0) is 54.1 Å². The zero-order valence-corrected chi connectivity index (χ0v) is 16.6. The normalized spacial score (nSPS) is 14.5. The van der Waals surface area contributed by atoms with E-state index in [1.807, 2.05) is 0 Å². The van der Waals surface area contributed by atoms with Crippen molar-refractivity contribution in [3.63, 3.8) is 0 Å². The van der Waals surface area contributed by atoms with Crippen molar-refractivity contribution in [3.05, 3.63) is 69.1 Å². The molecule has 0 nitrogen and oxygen atoms in total. The van der Waals surface area contributed by atoms with Crippen LogP contribution in [0.4, 0.5) is 35.1 Å². The fourth-order valence-corrected chi connectivity index (χ4v) is 3.33. The lowest BCUT2D eigenvalue weighted by Crippen LogP contribution is -2.11. The molecule has 0 saturated heterocycles. The molecular weight excluding hydrogens is 528 g/mol. The van der Waals surface area contributed by atoms with Gasteiger partial charge in [0.05, 0.1) is 0 Å². The third-order valence-electron chi connectivity index (χ3n) is 3.63. The van der Waals surface area contributed by atoms with Gasteiger partial charge in [-0.1, -0.05) is 48.5 Å². The first-order valence-electron chi connectivity index (χ1n) is 7.28. The highest BCUT2D eigenvalue weighted by atomic mass is 79.9. The molecule has 0 aliphatic heterocycles. The molecule has 2 rings (SSSR count). The van der Waals surface area contributed by atoms with E-state index in [9.17, 15) is 35.1 Å². The maximum atomic E-state index is 13.2. The van der Waals surface area contributed by atoms with E-state index >= 15 is 0 Å². The molecular formula is C18H8Br2F8. The van der Waals surface area contributed by atoms with Crippen LogP contribution in [0.25, 0.3) is 22.3 Å². The van der Waals surface area contributed by atoms with Crippen LogP contribution in [0, 0.1) is 0 Å². The van der Waals surface area contributed by atoms with Crippen LogP contribution >= 0.6 is 31.9 Å². The van der Waals surface area contributed by atoms with Crippen LogP contribution in [0.15, 0.2) is 58.0 Å². The van der Waals surface area contributed by atoms with Gasteiger partial charge in [-0.15, -0.1) is 0 Å². The zero-order valence-electron chi connectivity index (χ0n) is 13.4. The molecule has 0 fully saturated rings. The minimum atomic E-state index is -4.92. The monoisotopic (exact) mass is 534 g/mol. The number of hydrogen-bond donors (Lipinski definition) is 0. The van der Waals surface area contributed by atoms with Crippen LogP contribution in [0.1, 0.15) is 11.1 Å². The van der Waals surface area contributed by atoms with Crippen molar-refractivity contribution < 1.29 is 35.1 Å². The van der Waals surface area contributed by atoms with Gasteiger partial charge in [-0.3, -0.25) is 0 Å². The van der Waals surface area contributed by atoms with Gasteiger partial charge in [0.2, 0.25) is 0 Å². The van der Waals surface area contributed by atoms with Crippen molar-refractivity contribution in [1.82, 2.24) is 0 Å². The molecule has 0 bridgehead atoms. The highest BCUT2D eigenvalue weighted by Crippen LogP contribution is 2.41. The fourth-order valence-electron chi connectivity index (χ4n) is 2.42. The molecule has 0 N–H and O–H groups in total. The molecule has 2 aromatic carbocycles. The van der Waals surface area contributed by atoms with Crippen LogP contribution in [-0.2, 0) is 0 Å². The number of allylic oxidation sites excluding steroid dienone is 2. The second-order valence-electron chi connectivity index (χ2n) is 5.42. The van der Waals surface area contributed by atoms with E-state index in [0.717, 1.165) is 24.3 Å². The summed E-state index contributed by atoms with van der Waals surface area (Å²) in [5.74, 6) is 0. The topological polar surface area (TPSA) is 0 Å². The van der Waals surface area contributed by atoms with Crippen LogP contribution in [0.3, 0.4) is 0 Å². The van der Waals surface area contributed by atoms with Gasteiger partial charge < -0.3 is 0 Å². The summed E-state index contributed by atoms with van der Waals surface area (Å²) in [5, 5.41) is 0. The molecule has 0 spiro atoms. The number of halogens is 10. The summed E-state index contributed by atoms with van der Waals surface area (Å²) in [4.78, 5) is 0. The Hall–Kier alpha value is -1.68. The number of benzene rings is 2. The SMILES string of the molecule is F/C(Br)=C(\c1ccc(-c2ccc(/C(=C(\F)Br)C(F)(F)F)cc2)cc1)C(F)(F)F. The molecule has 0 saturated carbocycles. The Morgan fingerprint density at radius 1 is 0.536 bits per heavy atom. The van der Waals surface area contributed by atoms with Crippen molar-refractivity contribution in [1.29, 1.82) is 0 Å². The van der Waals surface area contributed by atoms with Gasteiger partial charge >= 0.3 is 12.4 Å². The summed E-state index contributed by atoms with van der Waals surface area (Å²) in [7, 11) is 0.